The largest absolute Gasteiger partial charge is 0.481 e. The van der Waals surface area contributed by atoms with E-state index in [2.05, 4.69) is 0 Å². The summed E-state index contributed by atoms with van der Waals surface area (Å²) in [4.78, 5) is 35.6. The molecular formula is C15H18N2O5. The highest BCUT2D eigenvalue weighted by Gasteiger charge is 2.32. The number of benzene rings is 1. The third kappa shape index (κ3) is 3.41. The number of carboxylic acids is 1. The third-order valence-corrected chi connectivity index (χ3v) is 3.82. The number of hydrogen-bond donors (Lipinski definition) is 1. The molecule has 1 N–H and O–H groups in total. The van der Waals surface area contributed by atoms with Crippen molar-refractivity contribution in [1.82, 2.24) is 4.90 Å². The number of carbonyl (C=O) groups excluding carboxylic acids is 1. The Balaban J connectivity index is 2.27. The number of carbonyl (C=O) groups is 2. The summed E-state index contributed by atoms with van der Waals surface area (Å²) >= 11 is 0. The number of nitrogens with zero attached hydrogens (tertiary/aromatic N) is 2. The topological polar surface area (TPSA) is 101 Å². The predicted molar refractivity (Wildman–Crippen MR) is 78.6 cm³/mol. The van der Waals surface area contributed by atoms with Gasteiger partial charge < -0.3 is 10.0 Å². The molecule has 1 fully saturated rings. The molecule has 2 unspecified atom stereocenters. The molecule has 1 aliphatic heterocycles. The highest BCUT2D eigenvalue weighted by Crippen LogP contribution is 2.25. The molecule has 2 rings (SSSR count). The fourth-order valence-electron chi connectivity index (χ4n) is 2.87. The van der Waals surface area contributed by atoms with Crippen molar-refractivity contribution in [2.24, 2.45) is 11.8 Å². The molecule has 7 nitrogen and oxygen atoms in total. The molecule has 1 heterocycles. The van der Waals surface area contributed by atoms with Crippen LogP contribution < -0.4 is 0 Å². The lowest BCUT2D eigenvalue weighted by atomic mass is 9.90. The zero-order valence-corrected chi connectivity index (χ0v) is 12.5. The lowest BCUT2D eigenvalue weighted by molar-refractivity contribution is -0.384. The number of nitro groups is 1. The second-order valence-electron chi connectivity index (χ2n) is 5.90. The van der Waals surface area contributed by atoms with Crippen LogP contribution in [0.25, 0.3) is 0 Å². The minimum absolute atomic E-state index is 0.0820. The fourth-order valence-corrected chi connectivity index (χ4v) is 2.87. The number of nitro benzene ring substituents is 1. The highest BCUT2D eigenvalue weighted by molar-refractivity contribution is 5.95. The lowest BCUT2D eigenvalue weighted by Crippen LogP contribution is -2.45. The third-order valence-electron chi connectivity index (χ3n) is 3.82. The van der Waals surface area contributed by atoms with Crippen LogP contribution in [-0.4, -0.2) is 39.9 Å². The van der Waals surface area contributed by atoms with Crippen molar-refractivity contribution in [1.29, 1.82) is 0 Å². The molecule has 0 aliphatic carbocycles. The minimum atomic E-state index is -0.917. The van der Waals surface area contributed by atoms with E-state index in [9.17, 15) is 19.7 Å². The summed E-state index contributed by atoms with van der Waals surface area (Å²) < 4.78 is 0. The maximum atomic E-state index is 12.6. The van der Waals surface area contributed by atoms with Crippen LogP contribution in [0.15, 0.2) is 18.2 Å². The van der Waals surface area contributed by atoms with Gasteiger partial charge in [0.1, 0.15) is 0 Å². The zero-order chi connectivity index (χ0) is 16.4. The van der Waals surface area contributed by atoms with Gasteiger partial charge in [0.05, 0.1) is 10.8 Å². The quantitative estimate of drug-likeness (QED) is 0.680. The predicted octanol–water partition coefficient (Wildman–Crippen LogP) is 2.09. The average molecular weight is 306 g/mol. The van der Waals surface area contributed by atoms with Gasteiger partial charge in [0.25, 0.3) is 11.6 Å². The summed E-state index contributed by atoms with van der Waals surface area (Å²) in [6, 6.07) is 4.23. The van der Waals surface area contributed by atoms with E-state index in [1.165, 1.54) is 17.0 Å². The van der Waals surface area contributed by atoms with Gasteiger partial charge in [-0.05, 0) is 30.9 Å². The van der Waals surface area contributed by atoms with E-state index in [-0.39, 0.29) is 29.6 Å². The van der Waals surface area contributed by atoms with Crippen LogP contribution in [0.5, 0.6) is 0 Å². The number of aliphatic carboxylic acids is 1. The molecule has 0 bridgehead atoms. The smallest absolute Gasteiger partial charge is 0.308 e. The van der Waals surface area contributed by atoms with Gasteiger partial charge in [-0.15, -0.1) is 0 Å². The van der Waals surface area contributed by atoms with Crippen LogP contribution in [0, 0.1) is 28.9 Å². The first-order valence-corrected chi connectivity index (χ1v) is 7.06. The van der Waals surface area contributed by atoms with E-state index in [4.69, 9.17) is 5.11 Å². The summed E-state index contributed by atoms with van der Waals surface area (Å²) in [5.74, 6) is -1.78. The van der Waals surface area contributed by atoms with Gasteiger partial charge in [-0.1, -0.05) is 6.92 Å². The SMILES string of the molecule is Cc1cc(C(=O)N2CC(C)CC(C(=O)O)C2)cc([N+](=O)[O-])c1. The molecule has 0 radical (unpaired) electrons. The fraction of sp³-hybridized carbons (Fsp3) is 0.467. The van der Waals surface area contributed by atoms with E-state index in [1.807, 2.05) is 6.92 Å². The molecule has 22 heavy (non-hydrogen) atoms. The van der Waals surface area contributed by atoms with E-state index in [0.29, 0.717) is 18.5 Å². The first-order valence-electron chi connectivity index (χ1n) is 7.06. The summed E-state index contributed by atoms with van der Waals surface area (Å²) in [7, 11) is 0. The Kier molecular flexibility index (Phi) is 4.44. The van der Waals surface area contributed by atoms with E-state index in [0.717, 1.165) is 0 Å². The Morgan fingerprint density at radius 2 is 2.00 bits per heavy atom. The second kappa shape index (κ2) is 6.13. The summed E-state index contributed by atoms with van der Waals surface area (Å²) in [6.07, 6.45) is 0.535. The first-order chi connectivity index (χ1) is 10.3. The summed E-state index contributed by atoms with van der Waals surface area (Å²) in [5, 5.41) is 20.1. The van der Waals surface area contributed by atoms with Crippen molar-refractivity contribution in [3.05, 3.63) is 39.4 Å². The molecule has 7 heteroatoms. The van der Waals surface area contributed by atoms with E-state index in [1.54, 1.807) is 13.0 Å². The normalized spacial score (nSPS) is 21.5. The van der Waals surface area contributed by atoms with Crippen LogP contribution in [0.3, 0.4) is 0 Å². The molecule has 0 aromatic heterocycles. The van der Waals surface area contributed by atoms with Gasteiger partial charge >= 0.3 is 5.97 Å². The number of carboxylic acid groups (broad SMARTS) is 1. The molecular weight excluding hydrogens is 288 g/mol. The van der Waals surface area contributed by atoms with Gasteiger partial charge in [0.2, 0.25) is 0 Å². The molecule has 1 aliphatic rings. The molecule has 0 spiro atoms. The number of rotatable bonds is 3. The molecule has 0 saturated carbocycles. The van der Waals surface area contributed by atoms with Crippen molar-refractivity contribution in [3.63, 3.8) is 0 Å². The van der Waals surface area contributed by atoms with Gasteiger partial charge in [-0.3, -0.25) is 19.7 Å². The molecule has 118 valence electrons. The Bertz CT molecular complexity index is 628. The second-order valence-corrected chi connectivity index (χ2v) is 5.90. The number of hydrogen-bond acceptors (Lipinski definition) is 4. The number of non-ortho nitro benzene ring substituents is 1. The van der Waals surface area contributed by atoms with Crippen LogP contribution >= 0.6 is 0 Å². The Labute approximate surface area is 127 Å². The number of likely N-dealkylation sites (tertiary alicyclic amines) is 1. The van der Waals surface area contributed by atoms with Crippen LogP contribution in [0.1, 0.15) is 29.3 Å². The first kappa shape index (κ1) is 15.9. The van der Waals surface area contributed by atoms with Gasteiger partial charge in [0, 0.05) is 30.8 Å². The number of amides is 1. The molecule has 1 amide bonds. The van der Waals surface area contributed by atoms with E-state index >= 15 is 0 Å². The molecule has 1 aromatic carbocycles. The Morgan fingerprint density at radius 3 is 2.59 bits per heavy atom. The van der Waals surface area contributed by atoms with E-state index < -0.39 is 16.8 Å². The van der Waals surface area contributed by atoms with Crippen LogP contribution in [-0.2, 0) is 4.79 Å². The number of piperidine rings is 1. The van der Waals surface area contributed by atoms with Crippen molar-refractivity contribution >= 4 is 17.6 Å². The molecule has 1 saturated heterocycles. The van der Waals surface area contributed by atoms with Crippen LogP contribution in [0.4, 0.5) is 5.69 Å². The van der Waals surface area contributed by atoms with Crippen molar-refractivity contribution in [2.75, 3.05) is 13.1 Å². The maximum Gasteiger partial charge on any atom is 0.308 e. The number of aryl methyl sites for hydroxylation is 1. The van der Waals surface area contributed by atoms with Gasteiger partial charge in [-0.25, -0.2) is 0 Å². The highest BCUT2D eigenvalue weighted by atomic mass is 16.6. The monoisotopic (exact) mass is 306 g/mol. The average Bonchev–Trinajstić information content (AvgIpc) is 2.45. The van der Waals surface area contributed by atoms with Crippen molar-refractivity contribution in [2.45, 2.75) is 20.3 Å². The van der Waals surface area contributed by atoms with Crippen molar-refractivity contribution in [3.8, 4) is 0 Å². The minimum Gasteiger partial charge on any atom is -0.481 e. The van der Waals surface area contributed by atoms with Gasteiger partial charge in [-0.2, -0.15) is 0 Å². The maximum absolute atomic E-state index is 12.6. The summed E-state index contributed by atoms with van der Waals surface area (Å²) in [5.41, 5.74) is 0.713. The zero-order valence-electron chi connectivity index (χ0n) is 12.5. The van der Waals surface area contributed by atoms with Crippen LogP contribution in [0.2, 0.25) is 0 Å². The Hall–Kier alpha value is -2.44. The Morgan fingerprint density at radius 1 is 1.32 bits per heavy atom. The lowest BCUT2D eigenvalue weighted by Gasteiger charge is -2.34. The standard InChI is InChI=1S/C15H18N2O5/c1-9-3-11(6-13(5-9)17(21)22)14(18)16-7-10(2)4-12(8-16)15(19)20/h3,5-6,10,12H,4,7-8H2,1-2H3,(H,19,20). The molecule has 1 aromatic rings. The summed E-state index contributed by atoms with van der Waals surface area (Å²) in [6.45, 7) is 4.18. The van der Waals surface area contributed by atoms with Crippen molar-refractivity contribution < 1.29 is 19.6 Å². The molecule has 2 atom stereocenters. The van der Waals surface area contributed by atoms with Gasteiger partial charge in [0.15, 0.2) is 0 Å².